The highest BCUT2D eigenvalue weighted by atomic mass is 35.5. The molecule has 6 heteroatoms. The number of benzene rings is 2. The van der Waals surface area contributed by atoms with E-state index in [9.17, 15) is 4.57 Å². The molecule has 2 aromatic carbocycles. The van der Waals surface area contributed by atoms with Crippen LogP contribution in [0.25, 0.3) is 0 Å². The summed E-state index contributed by atoms with van der Waals surface area (Å²) in [5, 5.41) is 1.30. The molecule has 0 aromatic heterocycles. The van der Waals surface area contributed by atoms with Gasteiger partial charge in [-0.25, -0.2) is 0 Å². The molecule has 0 saturated carbocycles. The van der Waals surface area contributed by atoms with E-state index < -0.39 is 8.25 Å². The van der Waals surface area contributed by atoms with Crippen LogP contribution >= 0.6 is 31.5 Å². The SMILES string of the molecule is O=[P+](OCc1ccc(Cl)cc1)OCc1ccc(Cl)cc1. The lowest BCUT2D eigenvalue weighted by Gasteiger charge is -1.97. The summed E-state index contributed by atoms with van der Waals surface area (Å²) >= 11 is 11.5. The molecule has 0 N–H and O–H groups in total. The van der Waals surface area contributed by atoms with Gasteiger partial charge in [0.05, 0.1) is 0 Å². The second-order valence-corrected chi connectivity index (χ2v) is 5.86. The second-order valence-electron chi connectivity index (χ2n) is 4.02. The minimum atomic E-state index is -2.16. The fourth-order valence-electron chi connectivity index (χ4n) is 1.45. The molecule has 0 saturated heterocycles. The van der Waals surface area contributed by atoms with Gasteiger partial charge in [0.25, 0.3) is 0 Å². The smallest absolute Gasteiger partial charge is 0.114 e. The molecule has 3 nitrogen and oxygen atoms in total. The normalized spacial score (nSPS) is 10.5. The molecule has 2 rings (SSSR count). The van der Waals surface area contributed by atoms with Crippen LogP contribution in [0.2, 0.25) is 10.0 Å². The molecule has 20 heavy (non-hydrogen) atoms. The third kappa shape index (κ3) is 5.20. The van der Waals surface area contributed by atoms with E-state index in [4.69, 9.17) is 32.2 Å². The molecule has 0 bridgehead atoms. The molecule has 0 heterocycles. The highest BCUT2D eigenvalue weighted by Crippen LogP contribution is 2.27. The molecule has 0 radical (unpaired) electrons. The van der Waals surface area contributed by atoms with Crippen LogP contribution < -0.4 is 0 Å². The fraction of sp³-hybridized carbons (Fsp3) is 0.143. The predicted molar refractivity (Wildman–Crippen MR) is 80.1 cm³/mol. The van der Waals surface area contributed by atoms with Crippen molar-refractivity contribution >= 4 is 31.5 Å². The predicted octanol–water partition coefficient (Wildman–Crippen LogP) is 5.38. The van der Waals surface area contributed by atoms with Crippen LogP contribution in [0, 0.1) is 0 Å². The molecule has 2 aromatic rings. The summed E-state index contributed by atoms with van der Waals surface area (Å²) in [6.45, 7) is 0.431. The summed E-state index contributed by atoms with van der Waals surface area (Å²) in [7, 11) is -2.16. The molecule has 0 atom stereocenters. The number of hydrogen-bond acceptors (Lipinski definition) is 3. The first-order valence-electron chi connectivity index (χ1n) is 5.85. The van der Waals surface area contributed by atoms with Crippen LogP contribution in [0.3, 0.4) is 0 Å². The van der Waals surface area contributed by atoms with Crippen molar-refractivity contribution in [2.45, 2.75) is 13.2 Å². The monoisotopic (exact) mass is 329 g/mol. The van der Waals surface area contributed by atoms with Gasteiger partial charge >= 0.3 is 8.25 Å². The first kappa shape index (κ1) is 15.4. The van der Waals surface area contributed by atoms with Gasteiger partial charge in [0, 0.05) is 14.6 Å². The maximum Gasteiger partial charge on any atom is 0.698 e. The molecular formula is C14H12Cl2O3P+. The fourth-order valence-corrected chi connectivity index (χ4v) is 2.29. The standard InChI is InChI=1S/C14H12Cl2O3P/c15-13-5-1-11(2-6-13)9-18-20(17)19-10-12-3-7-14(16)8-4-12/h1-8H,9-10H2/q+1. The molecule has 0 amide bonds. The minimum Gasteiger partial charge on any atom is -0.114 e. The zero-order valence-corrected chi connectivity index (χ0v) is 12.9. The Morgan fingerprint density at radius 1 is 0.750 bits per heavy atom. The van der Waals surface area contributed by atoms with E-state index in [-0.39, 0.29) is 13.2 Å². The van der Waals surface area contributed by atoms with Gasteiger partial charge in [-0.2, -0.15) is 0 Å². The molecule has 0 aliphatic heterocycles. The molecule has 0 aliphatic carbocycles. The Hall–Kier alpha value is -0.960. The Labute approximate surface area is 128 Å². The van der Waals surface area contributed by atoms with E-state index in [0.29, 0.717) is 10.0 Å². The third-order valence-electron chi connectivity index (χ3n) is 2.50. The van der Waals surface area contributed by atoms with Gasteiger partial charge in [-0.1, -0.05) is 47.5 Å². The number of hydrogen-bond donors (Lipinski definition) is 0. The van der Waals surface area contributed by atoms with Crippen LogP contribution in [0.15, 0.2) is 48.5 Å². The summed E-state index contributed by atoms with van der Waals surface area (Å²) < 4.78 is 21.8. The van der Waals surface area contributed by atoms with Crippen molar-refractivity contribution < 1.29 is 13.6 Å². The Balaban J connectivity index is 1.75. The summed E-state index contributed by atoms with van der Waals surface area (Å²) in [5.41, 5.74) is 1.76. The molecule has 0 aliphatic rings. The average molecular weight is 330 g/mol. The highest BCUT2D eigenvalue weighted by Gasteiger charge is 2.20. The van der Waals surface area contributed by atoms with Crippen LogP contribution in [0.1, 0.15) is 11.1 Å². The van der Waals surface area contributed by atoms with Gasteiger partial charge in [0.1, 0.15) is 13.2 Å². The van der Waals surface area contributed by atoms with Crippen LogP contribution in [-0.4, -0.2) is 0 Å². The van der Waals surface area contributed by atoms with Crippen LogP contribution in [-0.2, 0) is 26.8 Å². The Kier molecular flexibility index (Phi) is 5.96. The topological polar surface area (TPSA) is 35.5 Å². The van der Waals surface area contributed by atoms with Crippen molar-refractivity contribution in [2.24, 2.45) is 0 Å². The van der Waals surface area contributed by atoms with Crippen molar-refractivity contribution in [3.8, 4) is 0 Å². The second kappa shape index (κ2) is 7.72. The lowest BCUT2D eigenvalue weighted by atomic mass is 10.2. The van der Waals surface area contributed by atoms with E-state index in [2.05, 4.69) is 0 Å². The largest absolute Gasteiger partial charge is 0.698 e. The molecule has 104 valence electrons. The summed E-state index contributed by atoms with van der Waals surface area (Å²) in [6.07, 6.45) is 0. The first-order chi connectivity index (χ1) is 9.63. The maximum absolute atomic E-state index is 11.6. The number of halogens is 2. The van der Waals surface area contributed by atoms with Gasteiger partial charge in [-0.05, 0) is 35.4 Å². The molecule has 0 fully saturated rings. The lowest BCUT2D eigenvalue weighted by molar-refractivity contribution is 0.213. The van der Waals surface area contributed by atoms with Gasteiger partial charge in [-0.3, -0.25) is 0 Å². The number of rotatable bonds is 6. The Bertz CT molecular complexity index is 518. The van der Waals surface area contributed by atoms with E-state index in [0.717, 1.165) is 11.1 Å². The summed E-state index contributed by atoms with van der Waals surface area (Å²) in [5.74, 6) is 0. The van der Waals surface area contributed by atoms with Gasteiger partial charge in [0.15, 0.2) is 0 Å². The molecular weight excluding hydrogens is 318 g/mol. The van der Waals surface area contributed by atoms with E-state index in [1.807, 2.05) is 24.3 Å². The Morgan fingerprint density at radius 3 is 1.45 bits per heavy atom. The summed E-state index contributed by atoms with van der Waals surface area (Å²) in [6, 6.07) is 14.2. The van der Waals surface area contributed by atoms with Gasteiger partial charge < -0.3 is 0 Å². The maximum atomic E-state index is 11.6. The van der Waals surface area contributed by atoms with Gasteiger partial charge in [-0.15, -0.1) is 9.05 Å². The van der Waals surface area contributed by atoms with E-state index in [1.165, 1.54) is 0 Å². The Morgan fingerprint density at radius 2 is 1.10 bits per heavy atom. The van der Waals surface area contributed by atoms with Crippen LogP contribution in [0.5, 0.6) is 0 Å². The quantitative estimate of drug-likeness (QED) is 0.667. The third-order valence-corrected chi connectivity index (χ3v) is 3.68. The zero-order valence-electron chi connectivity index (χ0n) is 10.5. The van der Waals surface area contributed by atoms with Crippen molar-refractivity contribution in [3.05, 3.63) is 69.7 Å². The van der Waals surface area contributed by atoms with Crippen molar-refractivity contribution in [1.29, 1.82) is 0 Å². The van der Waals surface area contributed by atoms with E-state index in [1.54, 1.807) is 24.3 Å². The zero-order chi connectivity index (χ0) is 14.4. The molecule has 0 spiro atoms. The van der Waals surface area contributed by atoms with Crippen molar-refractivity contribution in [1.82, 2.24) is 0 Å². The van der Waals surface area contributed by atoms with Gasteiger partial charge in [0.2, 0.25) is 0 Å². The van der Waals surface area contributed by atoms with Crippen molar-refractivity contribution in [3.63, 3.8) is 0 Å². The summed E-state index contributed by atoms with van der Waals surface area (Å²) in [4.78, 5) is 0. The van der Waals surface area contributed by atoms with E-state index >= 15 is 0 Å². The van der Waals surface area contributed by atoms with Crippen LogP contribution in [0.4, 0.5) is 0 Å². The highest BCUT2D eigenvalue weighted by molar-refractivity contribution is 7.33. The first-order valence-corrected chi connectivity index (χ1v) is 7.70. The lowest BCUT2D eigenvalue weighted by Crippen LogP contribution is -1.89. The molecule has 0 unspecified atom stereocenters. The van der Waals surface area contributed by atoms with Crippen molar-refractivity contribution in [2.75, 3.05) is 0 Å². The minimum absolute atomic E-state index is 0.215. The average Bonchev–Trinajstić information content (AvgIpc) is 2.46.